The van der Waals surface area contributed by atoms with Crippen LogP contribution < -0.4 is 14.8 Å². The second-order valence-electron chi connectivity index (χ2n) is 6.96. The van der Waals surface area contributed by atoms with Crippen molar-refractivity contribution in [2.24, 2.45) is 11.3 Å². The topological polar surface area (TPSA) is 50.8 Å². The lowest BCUT2D eigenvalue weighted by Crippen LogP contribution is -2.49. The van der Waals surface area contributed by atoms with Crippen LogP contribution in [0.3, 0.4) is 0 Å². The van der Waals surface area contributed by atoms with Gasteiger partial charge in [-0.3, -0.25) is 4.79 Å². The summed E-state index contributed by atoms with van der Waals surface area (Å²) in [6, 6.07) is 7.59. The highest BCUT2D eigenvalue weighted by Crippen LogP contribution is 2.44. The molecule has 0 bridgehead atoms. The molecule has 24 heavy (non-hydrogen) atoms. The highest BCUT2D eigenvalue weighted by molar-refractivity contribution is 5.83. The molecular weight excluding hydrogens is 304 g/mol. The molecular formula is C19H28N2O3. The minimum atomic E-state index is -0.183. The van der Waals surface area contributed by atoms with Gasteiger partial charge < -0.3 is 19.7 Å². The number of hydrogen-bond donors (Lipinski definition) is 1. The number of methoxy groups -OCH3 is 1. The van der Waals surface area contributed by atoms with Gasteiger partial charge in [-0.05, 0) is 37.4 Å². The Morgan fingerprint density at radius 3 is 2.92 bits per heavy atom. The van der Waals surface area contributed by atoms with E-state index in [1.807, 2.05) is 36.2 Å². The van der Waals surface area contributed by atoms with E-state index >= 15 is 0 Å². The number of carbonyl (C=O) groups excluding carboxylic acids is 1. The number of nitrogens with zero attached hydrogens (tertiary/aromatic N) is 1. The summed E-state index contributed by atoms with van der Waals surface area (Å²) in [5, 5.41) is 3.44. The van der Waals surface area contributed by atoms with Crippen molar-refractivity contribution in [3.8, 4) is 11.5 Å². The number of hydrogen-bond acceptors (Lipinski definition) is 4. The first-order chi connectivity index (χ1) is 11.7. The van der Waals surface area contributed by atoms with Crippen molar-refractivity contribution in [1.29, 1.82) is 0 Å². The number of likely N-dealkylation sites (N-methyl/N-ethyl adjacent to an activating group) is 1. The number of ether oxygens (including phenoxy) is 2. The van der Waals surface area contributed by atoms with Crippen LogP contribution in [0, 0.1) is 11.3 Å². The Balaban J connectivity index is 1.56. The van der Waals surface area contributed by atoms with Crippen LogP contribution >= 0.6 is 0 Å². The van der Waals surface area contributed by atoms with Gasteiger partial charge in [-0.25, -0.2) is 0 Å². The van der Waals surface area contributed by atoms with Crippen molar-refractivity contribution in [2.75, 3.05) is 40.4 Å². The fourth-order valence-electron chi connectivity index (χ4n) is 4.18. The van der Waals surface area contributed by atoms with Crippen LogP contribution in [0.4, 0.5) is 0 Å². The Labute approximate surface area is 144 Å². The van der Waals surface area contributed by atoms with E-state index in [4.69, 9.17) is 9.47 Å². The molecule has 0 spiro atoms. The highest BCUT2D eigenvalue weighted by Gasteiger charge is 2.50. The van der Waals surface area contributed by atoms with Crippen LogP contribution in [-0.4, -0.2) is 51.2 Å². The number of para-hydroxylation sites is 2. The van der Waals surface area contributed by atoms with Gasteiger partial charge in [0.05, 0.1) is 19.1 Å². The van der Waals surface area contributed by atoms with E-state index in [0.29, 0.717) is 19.1 Å². The maximum absolute atomic E-state index is 13.1. The number of fused-ring (bicyclic) bond motifs is 1. The van der Waals surface area contributed by atoms with Crippen LogP contribution in [0.1, 0.15) is 25.7 Å². The second-order valence-corrected chi connectivity index (χ2v) is 6.96. The standard InChI is InChI=1S/C19H28N2O3/c1-21(11-12-24-17-9-4-3-8-16(17)23-2)18(22)19-10-6-5-7-15(19)13-20-14-19/h3-4,8-9,15,20H,5-7,10-14H2,1-2H3/t15-,19+/m0/s1. The Morgan fingerprint density at radius 1 is 1.33 bits per heavy atom. The summed E-state index contributed by atoms with van der Waals surface area (Å²) < 4.78 is 11.1. The number of carbonyl (C=O) groups is 1. The van der Waals surface area contributed by atoms with Crippen molar-refractivity contribution in [1.82, 2.24) is 10.2 Å². The van der Waals surface area contributed by atoms with E-state index in [1.54, 1.807) is 7.11 Å². The van der Waals surface area contributed by atoms with E-state index < -0.39 is 0 Å². The molecule has 2 atom stereocenters. The van der Waals surface area contributed by atoms with Crippen LogP contribution in [0.2, 0.25) is 0 Å². The summed E-state index contributed by atoms with van der Waals surface area (Å²) in [5.41, 5.74) is -0.183. The molecule has 1 aromatic carbocycles. The van der Waals surface area contributed by atoms with Gasteiger partial charge in [-0.2, -0.15) is 0 Å². The quantitative estimate of drug-likeness (QED) is 0.868. The lowest BCUT2D eigenvalue weighted by Gasteiger charge is -2.39. The molecule has 1 aromatic rings. The van der Waals surface area contributed by atoms with E-state index in [1.165, 1.54) is 12.8 Å². The molecule has 132 valence electrons. The molecule has 1 N–H and O–H groups in total. The normalized spacial score (nSPS) is 25.8. The first kappa shape index (κ1) is 17.1. The number of amides is 1. The average molecular weight is 332 g/mol. The predicted octanol–water partition coefficient (Wildman–Crippen LogP) is 2.31. The van der Waals surface area contributed by atoms with Crippen molar-refractivity contribution in [3.05, 3.63) is 24.3 Å². The Morgan fingerprint density at radius 2 is 2.12 bits per heavy atom. The fourth-order valence-corrected chi connectivity index (χ4v) is 4.18. The number of benzene rings is 1. The van der Waals surface area contributed by atoms with E-state index in [-0.39, 0.29) is 11.3 Å². The summed E-state index contributed by atoms with van der Waals surface area (Å²) in [6.07, 6.45) is 4.60. The summed E-state index contributed by atoms with van der Waals surface area (Å²) in [5.74, 6) is 2.21. The molecule has 1 saturated heterocycles. The molecule has 5 nitrogen and oxygen atoms in total. The molecule has 1 amide bonds. The molecule has 3 rings (SSSR count). The molecule has 2 aliphatic rings. The molecule has 0 radical (unpaired) electrons. The largest absolute Gasteiger partial charge is 0.493 e. The third-order valence-corrected chi connectivity index (χ3v) is 5.56. The number of nitrogens with one attached hydrogen (secondary N) is 1. The Kier molecular flexibility index (Phi) is 5.29. The SMILES string of the molecule is COc1ccccc1OCCN(C)C(=O)[C@@]12CCCC[C@H]1CNC2. The lowest BCUT2D eigenvalue weighted by atomic mass is 9.67. The van der Waals surface area contributed by atoms with Gasteiger partial charge in [0.2, 0.25) is 5.91 Å². The van der Waals surface area contributed by atoms with Crippen LogP contribution in [0.15, 0.2) is 24.3 Å². The molecule has 2 fully saturated rings. The number of rotatable bonds is 6. The Bertz CT molecular complexity index is 577. The zero-order chi connectivity index (χ0) is 17.0. The van der Waals surface area contributed by atoms with Crippen LogP contribution in [-0.2, 0) is 4.79 Å². The van der Waals surface area contributed by atoms with Crippen molar-refractivity contribution >= 4 is 5.91 Å². The first-order valence-corrected chi connectivity index (χ1v) is 8.89. The predicted molar refractivity (Wildman–Crippen MR) is 93.4 cm³/mol. The molecule has 5 heteroatoms. The van der Waals surface area contributed by atoms with Gasteiger partial charge in [-0.15, -0.1) is 0 Å². The van der Waals surface area contributed by atoms with Crippen molar-refractivity contribution < 1.29 is 14.3 Å². The average Bonchev–Trinajstić information content (AvgIpc) is 3.06. The van der Waals surface area contributed by atoms with Crippen LogP contribution in [0.5, 0.6) is 11.5 Å². The van der Waals surface area contributed by atoms with Gasteiger partial charge >= 0.3 is 0 Å². The minimum Gasteiger partial charge on any atom is -0.493 e. The zero-order valence-electron chi connectivity index (χ0n) is 14.7. The van der Waals surface area contributed by atoms with Crippen LogP contribution in [0.25, 0.3) is 0 Å². The fraction of sp³-hybridized carbons (Fsp3) is 0.632. The maximum atomic E-state index is 13.1. The lowest BCUT2D eigenvalue weighted by molar-refractivity contribution is -0.144. The zero-order valence-corrected chi connectivity index (χ0v) is 14.7. The van der Waals surface area contributed by atoms with Gasteiger partial charge in [0.15, 0.2) is 11.5 Å². The van der Waals surface area contributed by atoms with Gasteiger partial charge in [0.1, 0.15) is 6.61 Å². The Hall–Kier alpha value is -1.75. The molecule has 1 heterocycles. The van der Waals surface area contributed by atoms with E-state index in [9.17, 15) is 4.79 Å². The van der Waals surface area contributed by atoms with Crippen molar-refractivity contribution in [2.45, 2.75) is 25.7 Å². The van der Waals surface area contributed by atoms with Crippen molar-refractivity contribution in [3.63, 3.8) is 0 Å². The highest BCUT2D eigenvalue weighted by atomic mass is 16.5. The summed E-state index contributed by atoms with van der Waals surface area (Å²) in [7, 11) is 3.53. The van der Waals surface area contributed by atoms with Gasteiger partial charge in [-0.1, -0.05) is 25.0 Å². The van der Waals surface area contributed by atoms with Gasteiger partial charge in [0, 0.05) is 13.6 Å². The third-order valence-electron chi connectivity index (χ3n) is 5.56. The monoisotopic (exact) mass is 332 g/mol. The molecule has 0 unspecified atom stereocenters. The minimum absolute atomic E-state index is 0.183. The van der Waals surface area contributed by atoms with E-state index in [0.717, 1.165) is 37.4 Å². The molecule has 1 aliphatic heterocycles. The molecule has 1 aliphatic carbocycles. The summed E-state index contributed by atoms with van der Waals surface area (Å²) in [4.78, 5) is 14.9. The van der Waals surface area contributed by atoms with Gasteiger partial charge in [0.25, 0.3) is 0 Å². The van der Waals surface area contributed by atoms with E-state index in [2.05, 4.69) is 5.32 Å². The second kappa shape index (κ2) is 7.43. The summed E-state index contributed by atoms with van der Waals surface area (Å²) >= 11 is 0. The first-order valence-electron chi connectivity index (χ1n) is 8.89. The molecule has 0 aromatic heterocycles. The smallest absolute Gasteiger partial charge is 0.230 e. The summed E-state index contributed by atoms with van der Waals surface area (Å²) in [6.45, 7) is 2.87. The third kappa shape index (κ3) is 3.22. The molecule has 1 saturated carbocycles. The maximum Gasteiger partial charge on any atom is 0.230 e.